The molecule has 8 nitrogen and oxygen atoms in total. The van der Waals surface area contributed by atoms with Crippen molar-refractivity contribution in [2.75, 3.05) is 18.6 Å². The molecule has 2 aromatic carbocycles. The normalized spacial score (nSPS) is 16.8. The molecule has 0 spiro atoms. The Morgan fingerprint density at radius 2 is 1.92 bits per heavy atom. The highest BCUT2D eigenvalue weighted by atomic mass is 35.5. The number of methoxy groups -OCH3 is 1. The van der Waals surface area contributed by atoms with Gasteiger partial charge < -0.3 is 14.6 Å². The first-order valence-corrected chi connectivity index (χ1v) is 12.8. The Kier molecular flexibility index (Phi) is 7.94. The summed E-state index contributed by atoms with van der Waals surface area (Å²) >= 11 is 7.02. The van der Waals surface area contributed by atoms with Crippen molar-refractivity contribution in [1.82, 2.24) is 4.98 Å². The molecule has 1 atom stereocenters. The van der Waals surface area contributed by atoms with Crippen molar-refractivity contribution in [1.29, 1.82) is 0 Å². The Labute approximate surface area is 223 Å². The van der Waals surface area contributed by atoms with Crippen molar-refractivity contribution in [3.63, 3.8) is 0 Å². The summed E-state index contributed by atoms with van der Waals surface area (Å²) in [7, 11) is 1.25. The fourth-order valence-electron chi connectivity index (χ4n) is 3.98. The predicted octanol–water partition coefficient (Wildman–Crippen LogP) is 5.70. The van der Waals surface area contributed by atoms with Gasteiger partial charge in [-0.05, 0) is 43.2 Å². The van der Waals surface area contributed by atoms with Crippen molar-refractivity contribution in [3.8, 4) is 5.75 Å². The summed E-state index contributed by atoms with van der Waals surface area (Å²) in [6, 6.07) is 12.3. The Morgan fingerprint density at radius 1 is 1.19 bits per heavy atom. The summed E-state index contributed by atoms with van der Waals surface area (Å²) in [6.07, 6.45) is 1.84. The molecule has 2 heterocycles. The Bertz CT molecular complexity index is 1380. The maximum Gasteiger partial charge on any atom is 0.350 e. The lowest BCUT2D eigenvalue weighted by atomic mass is 9.95. The highest BCUT2D eigenvalue weighted by Crippen LogP contribution is 2.44. The van der Waals surface area contributed by atoms with E-state index in [1.165, 1.54) is 12.0 Å². The molecule has 1 saturated heterocycles. The van der Waals surface area contributed by atoms with Gasteiger partial charge in [0.1, 0.15) is 16.4 Å². The summed E-state index contributed by atoms with van der Waals surface area (Å²) in [4.78, 5) is 44.7. The fourth-order valence-corrected chi connectivity index (χ4v) is 5.12. The number of nitrogens with zero attached hydrogens (tertiary/aromatic N) is 2. The molecule has 192 valence electrons. The van der Waals surface area contributed by atoms with Gasteiger partial charge in [-0.3, -0.25) is 14.5 Å². The van der Waals surface area contributed by atoms with Gasteiger partial charge in [-0.2, -0.15) is 0 Å². The van der Waals surface area contributed by atoms with Crippen LogP contribution in [0.2, 0.25) is 5.02 Å². The number of aryl methyl sites for hydroxylation is 1. The third kappa shape index (κ3) is 5.23. The molecule has 37 heavy (non-hydrogen) atoms. The lowest BCUT2D eigenvalue weighted by Crippen LogP contribution is -2.29. The zero-order valence-electron chi connectivity index (χ0n) is 20.5. The Balaban J connectivity index is 1.85. The molecule has 3 aromatic rings. The molecule has 1 fully saturated rings. The predicted molar refractivity (Wildman–Crippen MR) is 141 cm³/mol. The van der Waals surface area contributed by atoms with E-state index in [1.54, 1.807) is 55.5 Å². The Hall–Kier alpha value is -3.69. The highest BCUT2D eigenvalue weighted by Gasteiger charge is 2.48. The van der Waals surface area contributed by atoms with Gasteiger partial charge in [-0.1, -0.05) is 60.5 Å². The van der Waals surface area contributed by atoms with Crippen LogP contribution in [-0.2, 0) is 14.3 Å². The number of ketones is 1. The van der Waals surface area contributed by atoms with Crippen molar-refractivity contribution in [2.45, 2.75) is 32.7 Å². The molecule has 1 aromatic heterocycles. The van der Waals surface area contributed by atoms with Crippen molar-refractivity contribution < 1.29 is 29.0 Å². The van der Waals surface area contributed by atoms with Crippen molar-refractivity contribution >= 4 is 51.5 Å². The zero-order chi connectivity index (χ0) is 26.7. The number of thiazole rings is 1. The van der Waals surface area contributed by atoms with Gasteiger partial charge in [0.2, 0.25) is 0 Å². The minimum atomic E-state index is -1.00. The molecule has 0 radical (unpaired) electrons. The van der Waals surface area contributed by atoms with Gasteiger partial charge in [0.05, 0.1) is 31.0 Å². The van der Waals surface area contributed by atoms with Crippen molar-refractivity contribution in [3.05, 3.63) is 80.8 Å². The van der Waals surface area contributed by atoms with Crippen LogP contribution in [0.4, 0.5) is 5.13 Å². The number of amides is 1. The second-order valence-electron chi connectivity index (χ2n) is 8.35. The number of Topliss-reactive ketones (excluding diaryl/α,β-unsaturated/α-hetero) is 1. The summed E-state index contributed by atoms with van der Waals surface area (Å²) in [6.45, 7) is 4.19. The number of halogens is 1. The third-order valence-corrected chi connectivity index (χ3v) is 7.26. The van der Waals surface area contributed by atoms with Crippen LogP contribution in [0.25, 0.3) is 5.76 Å². The van der Waals surface area contributed by atoms with Gasteiger partial charge in [-0.15, -0.1) is 0 Å². The van der Waals surface area contributed by atoms with Crippen LogP contribution in [0.5, 0.6) is 5.75 Å². The largest absolute Gasteiger partial charge is 0.507 e. The SMILES string of the molecule is CCCCOc1cccc(C(O)=C2C(=O)C(=O)N(c3nc(C)c(C(=O)OC)s3)C2c2ccc(Cl)cc2)c1. The number of anilines is 1. The quantitative estimate of drug-likeness (QED) is 0.128. The Morgan fingerprint density at radius 3 is 2.59 bits per heavy atom. The number of carbonyl (C=O) groups is 3. The van der Waals surface area contributed by atoms with Gasteiger partial charge in [0.15, 0.2) is 5.13 Å². The lowest BCUT2D eigenvalue weighted by molar-refractivity contribution is -0.132. The number of benzene rings is 2. The minimum Gasteiger partial charge on any atom is -0.507 e. The van der Waals surface area contributed by atoms with Crippen LogP contribution in [-0.4, -0.2) is 41.5 Å². The number of hydrogen-bond acceptors (Lipinski definition) is 8. The molecule has 1 N–H and O–H groups in total. The van der Waals surface area contributed by atoms with Crippen LogP contribution >= 0.6 is 22.9 Å². The third-order valence-electron chi connectivity index (χ3n) is 5.87. The number of hydrogen-bond donors (Lipinski definition) is 1. The number of ether oxygens (including phenoxy) is 2. The molecular formula is C27H25ClN2O6S. The number of carbonyl (C=O) groups excluding carboxylic acids is 3. The van der Waals surface area contributed by atoms with Crippen molar-refractivity contribution in [2.24, 2.45) is 0 Å². The number of aliphatic hydroxyl groups is 1. The van der Waals surface area contributed by atoms with Crippen LogP contribution in [0, 0.1) is 6.92 Å². The second-order valence-corrected chi connectivity index (χ2v) is 9.77. The second kappa shape index (κ2) is 11.1. The summed E-state index contributed by atoms with van der Waals surface area (Å²) < 4.78 is 10.6. The zero-order valence-corrected chi connectivity index (χ0v) is 22.1. The van der Waals surface area contributed by atoms with Crippen LogP contribution in [0.1, 0.15) is 52.3 Å². The average Bonchev–Trinajstić information content (AvgIpc) is 3.40. The summed E-state index contributed by atoms with van der Waals surface area (Å²) in [5.74, 6) is -2.15. The number of aliphatic hydroxyl groups excluding tert-OH is 1. The molecule has 1 aliphatic heterocycles. The smallest absolute Gasteiger partial charge is 0.350 e. The van der Waals surface area contributed by atoms with Gasteiger partial charge in [0.25, 0.3) is 5.78 Å². The first-order valence-electron chi connectivity index (χ1n) is 11.6. The van der Waals surface area contributed by atoms with E-state index in [4.69, 9.17) is 21.1 Å². The van der Waals surface area contributed by atoms with E-state index in [2.05, 4.69) is 11.9 Å². The van der Waals surface area contributed by atoms with E-state index in [0.717, 1.165) is 24.2 Å². The molecular weight excluding hydrogens is 516 g/mol. The molecule has 0 saturated carbocycles. The van der Waals surface area contributed by atoms with Crippen LogP contribution < -0.4 is 9.64 Å². The van der Waals surface area contributed by atoms with Crippen LogP contribution in [0.15, 0.2) is 54.1 Å². The monoisotopic (exact) mass is 540 g/mol. The maximum absolute atomic E-state index is 13.4. The maximum atomic E-state index is 13.4. The molecule has 0 aliphatic carbocycles. The first-order chi connectivity index (χ1) is 17.8. The highest BCUT2D eigenvalue weighted by molar-refractivity contribution is 7.17. The molecule has 1 unspecified atom stereocenters. The van der Waals surface area contributed by atoms with Gasteiger partial charge in [0, 0.05) is 10.6 Å². The molecule has 0 bridgehead atoms. The van der Waals surface area contributed by atoms with E-state index < -0.39 is 23.7 Å². The lowest BCUT2D eigenvalue weighted by Gasteiger charge is -2.23. The van der Waals surface area contributed by atoms with E-state index in [9.17, 15) is 19.5 Å². The molecule has 4 rings (SSSR count). The van der Waals surface area contributed by atoms with E-state index in [-0.39, 0.29) is 21.3 Å². The fraction of sp³-hybridized carbons (Fsp3) is 0.259. The molecule has 10 heteroatoms. The standard InChI is InChI=1S/C27H25ClN2O6S/c1-4-5-13-36-19-8-6-7-17(14-19)22(31)20-21(16-9-11-18(28)12-10-16)30(25(33)23(20)32)27-29-15(2)24(37-27)26(34)35-3/h6-12,14,21,31H,4-5,13H2,1-3H3. The average molecular weight is 541 g/mol. The summed E-state index contributed by atoms with van der Waals surface area (Å²) in [5, 5.41) is 12.0. The summed E-state index contributed by atoms with van der Waals surface area (Å²) in [5.41, 5.74) is 1.12. The topological polar surface area (TPSA) is 106 Å². The number of esters is 1. The van der Waals surface area contributed by atoms with E-state index in [0.29, 0.717) is 34.2 Å². The first kappa shape index (κ1) is 26.4. The number of rotatable bonds is 8. The van der Waals surface area contributed by atoms with E-state index >= 15 is 0 Å². The van der Waals surface area contributed by atoms with Gasteiger partial charge in [-0.25, -0.2) is 9.78 Å². The molecule has 1 amide bonds. The van der Waals surface area contributed by atoms with Gasteiger partial charge >= 0.3 is 11.9 Å². The number of unbranched alkanes of at least 4 members (excludes halogenated alkanes) is 1. The van der Waals surface area contributed by atoms with Crippen LogP contribution in [0.3, 0.4) is 0 Å². The van der Waals surface area contributed by atoms with E-state index in [1.807, 2.05) is 0 Å². The number of aromatic nitrogens is 1. The molecule has 1 aliphatic rings. The minimum absolute atomic E-state index is 0.106.